The van der Waals surface area contributed by atoms with E-state index in [2.05, 4.69) is 63.7 Å². The van der Waals surface area contributed by atoms with Gasteiger partial charge in [0.25, 0.3) is 0 Å². The van der Waals surface area contributed by atoms with E-state index in [1.807, 2.05) is 0 Å². The van der Waals surface area contributed by atoms with Gasteiger partial charge >= 0.3 is 0 Å². The van der Waals surface area contributed by atoms with Crippen LogP contribution in [0.4, 0.5) is 0 Å². The molecule has 0 heterocycles. The lowest BCUT2D eigenvalue weighted by Crippen LogP contribution is -2.45. The fraction of sp³-hybridized carbons (Fsp3) is 1.00. The van der Waals surface area contributed by atoms with Gasteiger partial charge in [0.05, 0.1) is 0 Å². The molecule has 0 aromatic carbocycles. The molecular weight excluding hydrogens is 427 g/mol. The van der Waals surface area contributed by atoms with E-state index in [9.17, 15) is 0 Å². The van der Waals surface area contributed by atoms with Crippen LogP contribution < -0.4 is 0 Å². The lowest BCUT2D eigenvalue weighted by molar-refractivity contribution is 0.506. The SMILES string of the molecule is ClC1(Br)CCCC(Br)C1(Br)Br. The Balaban J connectivity index is 2.82. The Morgan fingerprint density at radius 3 is 2.18 bits per heavy atom. The first-order valence-electron chi connectivity index (χ1n) is 3.27. The zero-order valence-corrected chi connectivity index (χ0v) is 12.7. The van der Waals surface area contributed by atoms with Crippen molar-refractivity contribution in [3.63, 3.8) is 0 Å². The van der Waals surface area contributed by atoms with Crippen LogP contribution in [0.15, 0.2) is 0 Å². The van der Waals surface area contributed by atoms with Gasteiger partial charge in [-0.1, -0.05) is 63.7 Å². The monoisotopic (exact) mass is 430 g/mol. The van der Waals surface area contributed by atoms with Gasteiger partial charge in [-0.05, 0) is 19.3 Å². The second-order valence-electron chi connectivity index (χ2n) is 2.69. The molecule has 2 unspecified atom stereocenters. The summed E-state index contributed by atoms with van der Waals surface area (Å²) in [6.45, 7) is 0. The Labute approximate surface area is 105 Å². The predicted octanol–water partition coefficient (Wildman–Crippen LogP) is 4.75. The molecule has 1 fully saturated rings. The molecule has 0 spiro atoms. The van der Waals surface area contributed by atoms with E-state index in [1.165, 1.54) is 0 Å². The Hall–Kier alpha value is 2.21. The summed E-state index contributed by atoms with van der Waals surface area (Å²) in [7, 11) is 0. The van der Waals surface area contributed by atoms with Gasteiger partial charge in [-0.3, -0.25) is 0 Å². The smallest absolute Gasteiger partial charge is 0.104 e. The van der Waals surface area contributed by atoms with Crippen LogP contribution in [0.3, 0.4) is 0 Å². The predicted molar refractivity (Wildman–Crippen MR) is 64.7 cm³/mol. The summed E-state index contributed by atoms with van der Waals surface area (Å²) >= 11 is 20.5. The molecule has 2 atom stereocenters. The average molecular weight is 434 g/mol. The summed E-state index contributed by atoms with van der Waals surface area (Å²) in [5.41, 5.74) is 0. The van der Waals surface area contributed by atoms with Crippen molar-refractivity contribution >= 4 is 75.3 Å². The highest BCUT2D eigenvalue weighted by molar-refractivity contribution is 9.27. The molecule has 0 aliphatic heterocycles. The molecule has 0 radical (unpaired) electrons. The van der Waals surface area contributed by atoms with Gasteiger partial charge in [0.15, 0.2) is 0 Å². The molecule has 0 saturated heterocycles. The van der Waals surface area contributed by atoms with Gasteiger partial charge < -0.3 is 0 Å². The molecular formula is C6H7Br4Cl. The zero-order chi connectivity index (χ0) is 8.70. The van der Waals surface area contributed by atoms with Crippen molar-refractivity contribution in [1.29, 1.82) is 0 Å². The van der Waals surface area contributed by atoms with Crippen molar-refractivity contribution < 1.29 is 0 Å². The van der Waals surface area contributed by atoms with Crippen molar-refractivity contribution in [2.24, 2.45) is 0 Å². The van der Waals surface area contributed by atoms with E-state index in [0.717, 1.165) is 19.3 Å². The maximum atomic E-state index is 6.25. The van der Waals surface area contributed by atoms with Crippen molar-refractivity contribution in [1.82, 2.24) is 0 Å². The largest absolute Gasteiger partial charge is 0.125 e. The van der Waals surface area contributed by atoms with Gasteiger partial charge in [0.2, 0.25) is 0 Å². The zero-order valence-electron chi connectivity index (χ0n) is 5.59. The van der Waals surface area contributed by atoms with Gasteiger partial charge in [-0.15, -0.1) is 11.6 Å². The van der Waals surface area contributed by atoms with Gasteiger partial charge in [-0.2, -0.15) is 0 Å². The molecule has 0 aromatic heterocycles. The molecule has 5 heteroatoms. The van der Waals surface area contributed by atoms with Crippen molar-refractivity contribution in [2.75, 3.05) is 0 Å². The molecule has 0 aromatic rings. The minimum Gasteiger partial charge on any atom is -0.104 e. The number of hydrogen-bond donors (Lipinski definition) is 0. The quantitative estimate of drug-likeness (QED) is 0.483. The Morgan fingerprint density at radius 2 is 1.82 bits per heavy atom. The molecule has 0 N–H and O–H groups in total. The Kier molecular flexibility index (Phi) is 3.85. The van der Waals surface area contributed by atoms with Crippen LogP contribution in [-0.2, 0) is 0 Å². The van der Waals surface area contributed by atoms with E-state index >= 15 is 0 Å². The second-order valence-corrected chi connectivity index (χ2v) is 9.81. The Bertz CT molecular complexity index is 157. The van der Waals surface area contributed by atoms with Crippen molar-refractivity contribution in [3.8, 4) is 0 Å². The van der Waals surface area contributed by atoms with E-state index in [4.69, 9.17) is 11.6 Å². The summed E-state index contributed by atoms with van der Waals surface area (Å²) in [5.74, 6) is 0. The summed E-state index contributed by atoms with van der Waals surface area (Å²) in [6.07, 6.45) is 3.24. The number of rotatable bonds is 0. The lowest BCUT2D eigenvalue weighted by Gasteiger charge is -2.41. The van der Waals surface area contributed by atoms with Crippen LogP contribution in [-0.4, -0.2) is 11.8 Å². The third-order valence-electron chi connectivity index (χ3n) is 1.83. The maximum absolute atomic E-state index is 6.25. The van der Waals surface area contributed by atoms with Gasteiger partial charge in [0, 0.05) is 4.83 Å². The fourth-order valence-corrected chi connectivity index (χ4v) is 3.91. The highest BCUT2D eigenvalue weighted by Gasteiger charge is 2.52. The molecule has 1 aliphatic rings. The molecule has 0 bridgehead atoms. The molecule has 1 saturated carbocycles. The number of hydrogen-bond acceptors (Lipinski definition) is 0. The van der Waals surface area contributed by atoms with Crippen LogP contribution in [0, 0.1) is 0 Å². The standard InChI is InChI=1S/C6H7Br4Cl/c7-4-2-1-3-5(8,11)6(4,9)10/h4H,1-3H2. The maximum Gasteiger partial charge on any atom is 0.125 e. The minimum absolute atomic E-state index is 0.243. The first kappa shape index (κ1) is 11.3. The molecule has 1 aliphatic carbocycles. The van der Waals surface area contributed by atoms with Crippen LogP contribution in [0.25, 0.3) is 0 Å². The number of halogens is 5. The normalized spacial score (nSPS) is 43.9. The van der Waals surface area contributed by atoms with Crippen molar-refractivity contribution in [2.45, 2.75) is 31.1 Å². The topological polar surface area (TPSA) is 0 Å². The van der Waals surface area contributed by atoms with E-state index in [-0.39, 0.29) is 7.02 Å². The van der Waals surface area contributed by atoms with Gasteiger partial charge in [0.1, 0.15) is 7.02 Å². The van der Waals surface area contributed by atoms with Gasteiger partial charge in [-0.25, -0.2) is 0 Å². The number of alkyl halides is 5. The molecule has 11 heavy (non-hydrogen) atoms. The third kappa shape index (κ3) is 2.17. The highest BCUT2D eigenvalue weighted by Crippen LogP contribution is 2.57. The summed E-state index contributed by atoms with van der Waals surface area (Å²) in [4.78, 5) is 0.362. The van der Waals surface area contributed by atoms with Crippen LogP contribution in [0.1, 0.15) is 19.3 Å². The first-order valence-corrected chi connectivity index (χ1v) is 6.95. The second kappa shape index (κ2) is 3.76. The fourth-order valence-electron chi connectivity index (χ4n) is 1.08. The van der Waals surface area contributed by atoms with E-state index in [1.54, 1.807) is 0 Å². The minimum atomic E-state index is -0.383. The van der Waals surface area contributed by atoms with Crippen LogP contribution in [0.2, 0.25) is 0 Å². The lowest BCUT2D eigenvalue weighted by atomic mass is 10.00. The Morgan fingerprint density at radius 1 is 1.27 bits per heavy atom. The molecule has 0 nitrogen and oxygen atoms in total. The summed E-state index contributed by atoms with van der Waals surface area (Å²) < 4.78 is -0.626. The molecule has 0 amide bonds. The van der Waals surface area contributed by atoms with E-state index < -0.39 is 0 Å². The third-order valence-corrected chi connectivity index (χ3v) is 9.69. The molecule has 1 rings (SSSR count). The summed E-state index contributed by atoms with van der Waals surface area (Å²) in [6, 6.07) is 0. The van der Waals surface area contributed by atoms with Crippen LogP contribution in [0.5, 0.6) is 0 Å². The van der Waals surface area contributed by atoms with Crippen LogP contribution >= 0.6 is 75.3 Å². The van der Waals surface area contributed by atoms with Crippen molar-refractivity contribution in [3.05, 3.63) is 0 Å². The molecule has 66 valence electrons. The first-order chi connectivity index (χ1) is 4.88. The van der Waals surface area contributed by atoms with E-state index in [0.29, 0.717) is 4.83 Å². The highest BCUT2D eigenvalue weighted by atomic mass is 79.9. The average Bonchev–Trinajstić information content (AvgIpc) is 1.84. The summed E-state index contributed by atoms with van der Waals surface area (Å²) in [5, 5.41) is 0.